The Bertz CT molecular complexity index is 303. The van der Waals surface area contributed by atoms with Gasteiger partial charge in [-0.15, -0.1) is 0 Å². The van der Waals surface area contributed by atoms with Crippen LogP contribution in [-0.2, 0) is 0 Å². The van der Waals surface area contributed by atoms with Crippen LogP contribution in [-0.4, -0.2) is 11.3 Å². The Balaban J connectivity index is 3.40. The fraction of sp³-hybridized carbons (Fsp3) is 0. The number of hydrogen-bond acceptors (Lipinski definition) is 2. The zero-order chi connectivity index (χ0) is 8.43. The molecular formula is C6H2ClF2NO. The fourth-order valence-electron chi connectivity index (χ4n) is 0.559. The van der Waals surface area contributed by atoms with Crippen molar-refractivity contribution in [1.82, 2.24) is 4.98 Å². The number of hydrogen-bond donors (Lipinski definition) is 0. The Morgan fingerprint density at radius 2 is 2.18 bits per heavy atom. The summed E-state index contributed by atoms with van der Waals surface area (Å²) in [6.45, 7) is 0. The molecular weight excluding hydrogens is 176 g/mol. The van der Waals surface area contributed by atoms with E-state index in [1.165, 1.54) is 0 Å². The van der Waals surface area contributed by atoms with Gasteiger partial charge in [-0.05, 0) is 0 Å². The lowest BCUT2D eigenvalue weighted by atomic mass is 10.3. The maximum absolute atomic E-state index is 12.4. The van der Waals surface area contributed by atoms with Gasteiger partial charge in [-0.1, -0.05) is 11.6 Å². The first-order valence-corrected chi connectivity index (χ1v) is 2.99. The van der Waals surface area contributed by atoms with Gasteiger partial charge in [0.25, 0.3) is 0 Å². The summed E-state index contributed by atoms with van der Waals surface area (Å²) in [4.78, 5) is 13.0. The Morgan fingerprint density at radius 1 is 1.55 bits per heavy atom. The second-order valence-corrected chi connectivity index (χ2v) is 2.12. The first-order valence-electron chi connectivity index (χ1n) is 2.61. The van der Waals surface area contributed by atoms with Crippen LogP contribution in [0.1, 0.15) is 10.4 Å². The average Bonchev–Trinajstić information content (AvgIpc) is 1.99. The average molecular weight is 178 g/mol. The van der Waals surface area contributed by atoms with Gasteiger partial charge in [-0.25, -0.2) is 9.37 Å². The van der Waals surface area contributed by atoms with Crippen molar-refractivity contribution in [3.05, 3.63) is 28.5 Å². The molecule has 0 atom stereocenters. The van der Waals surface area contributed by atoms with Crippen molar-refractivity contribution < 1.29 is 13.6 Å². The van der Waals surface area contributed by atoms with Gasteiger partial charge < -0.3 is 0 Å². The van der Waals surface area contributed by atoms with Gasteiger partial charge in [0.1, 0.15) is 0 Å². The largest absolute Gasteiger partial charge is 0.298 e. The zero-order valence-electron chi connectivity index (χ0n) is 5.14. The highest BCUT2D eigenvalue weighted by Crippen LogP contribution is 2.18. The van der Waals surface area contributed by atoms with Gasteiger partial charge in [-0.3, -0.25) is 4.79 Å². The number of carbonyl (C=O) groups excluding carboxylic acids is 1. The van der Waals surface area contributed by atoms with Crippen LogP contribution in [0.4, 0.5) is 8.78 Å². The van der Waals surface area contributed by atoms with Crippen LogP contribution in [0.3, 0.4) is 0 Å². The molecule has 0 unspecified atom stereocenters. The van der Waals surface area contributed by atoms with Crippen molar-refractivity contribution in [2.24, 2.45) is 0 Å². The van der Waals surface area contributed by atoms with Gasteiger partial charge in [0, 0.05) is 0 Å². The fourth-order valence-corrected chi connectivity index (χ4v) is 0.730. The quantitative estimate of drug-likeness (QED) is 0.484. The number of halogens is 3. The van der Waals surface area contributed by atoms with Gasteiger partial charge in [0.05, 0.1) is 16.8 Å². The Morgan fingerprint density at radius 3 is 2.64 bits per heavy atom. The normalized spacial score (nSPS) is 9.73. The summed E-state index contributed by atoms with van der Waals surface area (Å²) >= 11 is 5.21. The molecule has 0 N–H and O–H groups in total. The van der Waals surface area contributed by atoms with Gasteiger partial charge in [0.2, 0.25) is 5.95 Å². The second kappa shape index (κ2) is 2.92. The first kappa shape index (κ1) is 8.07. The van der Waals surface area contributed by atoms with Gasteiger partial charge in [0.15, 0.2) is 12.1 Å². The van der Waals surface area contributed by atoms with Crippen LogP contribution < -0.4 is 0 Å². The van der Waals surface area contributed by atoms with Crippen molar-refractivity contribution in [3.63, 3.8) is 0 Å². The van der Waals surface area contributed by atoms with Crippen LogP contribution in [0.25, 0.3) is 0 Å². The molecule has 0 saturated carbocycles. The Kier molecular flexibility index (Phi) is 2.14. The first-order chi connectivity index (χ1) is 5.16. The highest BCUT2D eigenvalue weighted by molar-refractivity contribution is 6.33. The van der Waals surface area contributed by atoms with E-state index < -0.39 is 22.4 Å². The molecule has 1 heterocycles. The molecule has 0 aliphatic carbocycles. The van der Waals surface area contributed by atoms with E-state index in [4.69, 9.17) is 11.6 Å². The third-order valence-corrected chi connectivity index (χ3v) is 1.46. The summed E-state index contributed by atoms with van der Waals surface area (Å²) in [5.74, 6) is -1.97. The van der Waals surface area contributed by atoms with Gasteiger partial charge in [-0.2, -0.15) is 4.39 Å². The van der Waals surface area contributed by atoms with E-state index >= 15 is 0 Å². The van der Waals surface area contributed by atoms with E-state index in [0.717, 1.165) is 0 Å². The minimum atomic E-state index is -1.06. The SMILES string of the molecule is O=Cc1c(F)ncc(F)c1Cl. The third kappa shape index (κ3) is 1.35. The van der Waals surface area contributed by atoms with E-state index in [1.807, 2.05) is 0 Å². The molecule has 0 radical (unpaired) electrons. The van der Waals surface area contributed by atoms with E-state index in [0.29, 0.717) is 6.20 Å². The standard InChI is InChI=1S/C6H2ClF2NO/c7-5-3(2-11)6(9)10-1-4(5)8/h1-2H. The number of carbonyl (C=O) groups is 1. The molecule has 0 spiro atoms. The molecule has 1 rings (SSSR count). The molecule has 2 nitrogen and oxygen atoms in total. The lowest BCUT2D eigenvalue weighted by Crippen LogP contribution is -1.95. The number of aldehydes is 1. The minimum absolute atomic E-state index is 0.119. The maximum Gasteiger partial charge on any atom is 0.225 e. The highest BCUT2D eigenvalue weighted by atomic mass is 35.5. The van der Waals surface area contributed by atoms with Crippen LogP contribution in [0.15, 0.2) is 6.20 Å². The van der Waals surface area contributed by atoms with Crippen molar-refractivity contribution in [3.8, 4) is 0 Å². The summed E-state index contributed by atoms with van der Waals surface area (Å²) in [5, 5.41) is -0.535. The highest BCUT2D eigenvalue weighted by Gasteiger charge is 2.11. The molecule has 0 fully saturated rings. The molecule has 0 amide bonds. The van der Waals surface area contributed by atoms with Crippen molar-refractivity contribution in [2.45, 2.75) is 0 Å². The molecule has 1 aromatic rings. The molecule has 0 bridgehead atoms. The molecule has 11 heavy (non-hydrogen) atoms. The lowest BCUT2D eigenvalue weighted by molar-refractivity contribution is 0.111. The second-order valence-electron chi connectivity index (χ2n) is 1.74. The van der Waals surface area contributed by atoms with Gasteiger partial charge >= 0.3 is 0 Å². The van der Waals surface area contributed by atoms with Crippen LogP contribution >= 0.6 is 11.6 Å². The van der Waals surface area contributed by atoms with Crippen molar-refractivity contribution in [1.29, 1.82) is 0 Å². The molecule has 0 aliphatic rings. The molecule has 5 heteroatoms. The van der Waals surface area contributed by atoms with E-state index in [9.17, 15) is 13.6 Å². The van der Waals surface area contributed by atoms with Crippen LogP contribution in [0.2, 0.25) is 5.02 Å². The summed E-state index contributed by atoms with van der Waals surface area (Å²) < 4.78 is 24.9. The monoisotopic (exact) mass is 177 g/mol. The number of pyridine rings is 1. The summed E-state index contributed by atoms with van der Waals surface area (Å²) in [5.41, 5.74) is -0.549. The van der Waals surface area contributed by atoms with Crippen molar-refractivity contribution >= 4 is 17.9 Å². The summed E-state index contributed by atoms with van der Waals surface area (Å²) in [7, 11) is 0. The zero-order valence-corrected chi connectivity index (χ0v) is 5.90. The molecule has 0 aliphatic heterocycles. The summed E-state index contributed by atoms with van der Waals surface area (Å²) in [6, 6.07) is 0. The van der Waals surface area contributed by atoms with E-state index in [-0.39, 0.29) is 6.29 Å². The molecule has 58 valence electrons. The number of rotatable bonds is 1. The Hall–Kier alpha value is -1.03. The number of nitrogens with zero attached hydrogens (tertiary/aromatic N) is 1. The molecule has 1 aromatic heterocycles. The predicted octanol–water partition coefficient (Wildman–Crippen LogP) is 1.83. The van der Waals surface area contributed by atoms with Crippen molar-refractivity contribution in [2.75, 3.05) is 0 Å². The van der Waals surface area contributed by atoms with E-state index in [2.05, 4.69) is 4.98 Å². The lowest BCUT2D eigenvalue weighted by Gasteiger charge is -1.96. The van der Waals surface area contributed by atoms with Crippen LogP contribution in [0, 0.1) is 11.8 Å². The predicted molar refractivity (Wildman–Crippen MR) is 34.6 cm³/mol. The smallest absolute Gasteiger partial charge is 0.225 e. The topological polar surface area (TPSA) is 30.0 Å². The maximum atomic E-state index is 12.4. The third-order valence-electron chi connectivity index (χ3n) is 1.08. The summed E-state index contributed by atoms with van der Waals surface area (Å²) in [6.07, 6.45) is 0.735. The van der Waals surface area contributed by atoms with Crippen LogP contribution in [0.5, 0.6) is 0 Å². The Labute approximate surface area is 65.8 Å². The molecule has 0 aromatic carbocycles. The van der Waals surface area contributed by atoms with E-state index in [1.54, 1.807) is 0 Å². The number of aromatic nitrogens is 1. The minimum Gasteiger partial charge on any atom is -0.298 e. The molecule has 0 saturated heterocycles.